The van der Waals surface area contributed by atoms with Crippen LogP contribution in [0.15, 0.2) is 48.5 Å². The smallest absolute Gasteiger partial charge is 0.322 e. The van der Waals surface area contributed by atoms with Crippen molar-refractivity contribution in [2.45, 2.75) is 25.2 Å². The molecule has 3 rings (SSSR count). The molecule has 0 bridgehead atoms. The number of aliphatic carboxylic acids is 2. The average Bonchev–Trinajstić information content (AvgIpc) is 2.95. The topological polar surface area (TPSA) is 94.8 Å². The molecule has 3 N–H and O–H groups in total. The zero-order valence-electron chi connectivity index (χ0n) is 12.5. The Hall–Kier alpha value is -2.82. The lowest BCUT2D eigenvalue weighted by Crippen LogP contribution is -2.20. The van der Waals surface area contributed by atoms with Crippen molar-refractivity contribution in [1.29, 1.82) is 0 Å². The van der Waals surface area contributed by atoms with Gasteiger partial charge in [0, 0.05) is 0 Å². The molecule has 1 aliphatic rings. The lowest BCUT2D eigenvalue weighted by molar-refractivity contribution is -0.150. The van der Waals surface area contributed by atoms with E-state index in [1.165, 1.54) is 36.1 Å². The number of fused-ring (bicyclic) bond motifs is 1. The number of hydrogen-bond donors (Lipinski definition) is 3. The third kappa shape index (κ3) is 4.32. The first-order valence-corrected chi connectivity index (χ1v) is 7.30. The van der Waals surface area contributed by atoms with E-state index in [1.807, 2.05) is 12.1 Å². The standard InChI is InChI=1S/C9H8O4.C9H10O/c10-8(11)7(9(12)13)6-4-2-1-3-5-6;10-9-5-4-7-2-1-3-8(7)6-9/h1-5,7H,(H,10,11)(H,12,13);4-6,10H,1-3H2. The van der Waals surface area contributed by atoms with Crippen molar-refractivity contribution in [2.24, 2.45) is 0 Å². The fourth-order valence-corrected chi connectivity index (χ4v) is 2.59. The largest absolute Gasteiger partial charge is 0.508 e. The van der Waals surface area contributed by atoms with Crippen molar-refractivity contribution in [3.63, 3.8) is 0 Å². The summed E-state index contributed by atoms with van der Waals surface area (Å²) in [6, 6.07) is 13.5. The van der Waals surface area contributed by atoms with Crippen LogP contribution in [-0.2, 0) is 22.4 Å². The Bertz CT molecular complexity index is 680. The average molecular weight is 314 g/mol. The molecule has 0 saturated heterocycles. The molecular weight excluding hydrogens is 296 g/mol. The van der Waals surface area contributed by atoms with Gasteiger partial charge in [-0.3, -0.25) is 9.59 Å². The maximum atomic E-state index is 10.6. The molecule has 0 radical (unpaired) electrons. The number of rotatable bonds is 3. The van der Waals surface area contributed by atoms with Crippen LogP contribution in [-0.4, -0.2) is 27.3 Å². The Morgan fingerprint density at radius 1 is 0.870 bits per heavy atom. The fourth-order valence-electron chi connectivity index (χ4n) is 2.59. The van der Waals surface area contributed by atoms with Crippen LogP contribution >= 0.6 is 0 Å². The minimum Gasteiger partial charge on any atom is -0.508 e. The SMILES string of the molecule is O=C(O)C(C(=O)O)c1ccccc1.Oc1ccc2c(c1)CCC2. The Labute approximate surface area is 133 Å². The van der Waals surface area contributed by atoms with Crippen molar-refractivity contribution < 1.29 is 24.9 Å². The van der Waals surface area contributed by atoms with Crippen LogP contribution in [0.1, 0.15) is 29.0 Å². The summed E-state index contributed by atoms with van der Waals surface area (Å²) < 4.78 is 0. The lowest BCUT2D eigenvalue weighted by atomic mass is 10.00. The molecule has 2 aromatic carbocycles. The van der Waals surface area contributed by atoms with E-state index in [1.54, 1.807) is 24.3 Å². The highest BCUT2D eigenvalue weighted by Gasteiger charge is 2.27. The number of benzene rings is 2. The number of aryl methyl sites for hydroxylation is 2. The maximum Gasteiger partial charge on any atom is 0.322 e. The summed E-state index contributed by atoms with van der Waals surface area (Å²) in [5, 5.41) is 26.3. The minimum atomic E-state index is -1.47. The molecule has 1 aliphatic carbocycles. The van der Waals surface area contributed by atoms with Gasteiger partial charge in [-0.2, -0.15) is 0 Å². The Morgan fingerprint density at radius 3 is 2.09 bits per heavy atom. The second kappa shape index (κ2) is 7.45. The van der Waals surface area contributed by atoms with Crippen LogP contribution in [0.25, 0.3) is 0 Å². The zero-order valence-corrected chi connectivity index (χ0v) is 12.5. The van der Waals surface area contributed by atoms with Gasteiger partial charge < -0.3 is 15.3 Å². The van der Waals surface area contributed by atoms with Gasteiger partial charge in [-0.25, -0.2) is 0 Å². The highest BCUT2D eigenvalue weighted by atomic mass is 16.4. The molecule has 5 nitrogen and oxygen atoms in total. The summed E-state index contributed by atoms with van der Waals surface area (Å²) in [5.74, 6) is -3.76. The highest BCUT2D eigenvalue weighted by molar-refractivity contribution is 5.98. The molecular formula is C18H18O5. The van der Waals surface area contributed by atoms with Crippen molar-refractivity contribution in [3.05, 3.63) is 65.2 Å². The quantitative estimate of drug-likeness (QED) is 0.757. The molecule has 5 heteroatoms. The predicted molar refractivity (Wildman–Crippen MR) is 84.6 cm³/mol. The lowest BCUT2D eigenvalue weighted by Gasteiger charge is -2.06. The van der Waals surface area contributed by atoms with Crippen LogP contribution < -0.4 is 0 Å². The molecule has 0 atom stereocenters. The van der Waals surface area contributed by atoms with Crippen molar-refractivity contribution >= 4 is 11.9 Å². The van der Waals surface area contributed by atoms with Crippen LogP contribution in [0.2, 0.25) is 0 Å². The normalized spacial score (nSPS) is 12.2. The van der Waals surface area contributed by atoms with Gasteiger partial charge in [-0.1, -0.05) is 36.4 Å². The minimum absolute atomic E-state index is 0.280. The van der Waals surface area contributed by atoms with E-state index in [2.05, 4.69) is 0 Å². The van der Waals surface area contributed by atoms with E-state index < -0.39 is 17.9 Å². The summed E-state index contributed by atoms with van der Waals surface area (Å²) in [5.41, 5.74) is 3.03. The number of carboxylic acid groups (broad SMARTS) is 2. The molecule has 0 spiro atoms. The van der Waals surface area contributed by atoms with Gasteiger partial charge in [-0.05, 0) is 48.1 Å². The number of aromatic hydroxyl groups is 1. The predicted octanol–water partition coefficient (Wildman–Crippen LogP) is 2.82. The number of phenols is 1. The highest BCUT2D eigenvalue weighted by Crippen LogP contribution is 2.24. The molecule has 0 fully saturated rings. The van der Waals surface area contributed by atoms with Crippen LogP contribution in [0.5, 0.6) is 5.75 Å². The number of phenolic OH excluding ortho intramolecular Hbond substituents is 1. The van der Waals surface area contributed by atoms with Gasteiger partial charge in [-0.15, -0.1) is 0 Å². The Morgan fingerprint density at radius 2 is 1.48 bits per heavy atom. The van der Waals surface area contributed by atoms with Crippen LogP contribution in [0.3, 0.4) is 0 Å². The zero-order chi connectivity index (χ0) is 16.8. The Balaban J connectivity index is 0.000000172. The molecule has 120 valence electrons. The maximum absolute atomic E-state index is 10.6. The first-order valence-electron chi connectivity index (χ1n) is 7.30. The van der Waals surface area contributed by atoms with Gasteiger partial charge in [0.15, 0.2) is 5.92 Å². The van der Waals surface area contributed by atoms with E-state index in [9.17, 15) is 9.59 Å². The second-order valence-electron chi connectivity index (χ2n) is 5.33. The van der Waals surface area contributed by atoms with Crippen LogP contribution in [0.4, 0.5) is 0 Å². The number of carboxylic acids is 2. The molecule has 0 heterocycles. The summed E-state index contributed by atoms with van der Waals surface area (Å²) in [6.45, 7) is 0. The van der Waals surface area contributed by atoms with E-state index in [0.29, 0.717) is 5.75 Å². The van der Waals surface area contributed by atoms with Crippen LogP contribution in [0, 0.1) is 0 Å². The third-order valence-electron chi connectivity index (χ3n) is 3.71. The summed E-state index contributed by atoms with van der Waals surface area (Å²) in [6.07, 6.45) is 3.58. The molecule has 0 aromatic heterocycles. The summed E-state index contributed by atoms with van der Waals surface area (Å²) in [7, 11) is 0. The van der Waals surface area contributed by atoms with Gasteiger partial charge >= 0.3 is 11.9 Å². The van der Waals surface area contributed by atoms with E-state index in [-0.39, 0.29) is 5.56 Å². The van der Waals surface area contributed by atoms with E-state index >= 15 is 0 Å². The second-order valence-corrected chi connectivity index (χ2v) is 5.33. The van der Waals surface area contributed by atoms with E-state index in [0.717, 1.165) is 6.42 Å². The molecule has 0 unspecified atom stereocenters. The molecule has 23 heavy (non-hydrogen) atoms. The number of carbonyl (C=O) groups is 2. The van der Waals surface area contributed by atoms with Crippen molar-refractivity contribution in [3.8, 4) is 5.75 Å². The van der Waals surface area contributed by atoms with E-state index in [4.69, 9.17) is 15.3 Å². The molecule has 2 aromatic rings. The third-order valence-corrected chi connectivity index (χ3v) is 3.71. The van der Waals surface area contributed by atoms with Crippen molar-refractivity contribution in [1.82, 2.24) is 0 Å². The van der Waals surface area contributed by atoms with Gasteiger partial charge in [0.25, 0.3) is 0 Å². The molecule has 0 aliphatic heterocycles. The van der Waals surface area contributed by atoms with Gasteiger partial charge in [0.1, 0.15) is 5.75 Å². The Kier molecular flexibility index (Phi) is 5.36. The fraction of sp³-hybridized carbons (Fsp3) is 0.222. The van der Waals surface area contributed by atoms with Gasteiger partial charge in [0.05, 0.1) is 0 Å². The first kappa shape index (κ1) is 16.5. The number of hydrogen-bond acceptors (Lipinski definition) is 3. The van der Waals surface area contributed by atoms with Crippen molar-refractivity contribution in [2.75, 3.05) is 0 Å². The summed E-state index contributed by atoms with van der Waals surface area (Å²) >= 11 is 0. The monoisotopic (exact) mass is 314 g/mol. The molecule has 0 amide bonds. The molecule has 0 saturated carbocycles. The summed E-state index contributed by atoms with van der Waals surface area (Å²) in [4.78, 5) is 21.1. The van der Waals surface area contributed by atoms with Gasteiger partial charge in [0.2, 0.25) is 0 Å². The first-order chi connectivity index (χ1) is 11.0.